The van der Waals surface area contributed by atoms with E-state index in [-0.39, 0.29) is 5.91 Å². The maximum Gasteiger partial charge on any atom is 0.254 e. The fourth-order valence-corrected chi connectivity index (χ4v) is 5.18. The molecule has 0 unspecified atom stereocenters. The first-order chi connectivity index (χ1) is 16.8. The first kappa shape index (κ1) is 21.0. The monoisotopic (exact) mass is 448 g/mol. The molecular weight excluding hydrogens is 420 g/mol. The van der Waals surface area contributed by atoms with Crippen molar-refractivity contribution >= 4 is 38.2 Å². The van der Waals surface area contributed by atoms with Gasteiger partial charge in [-0.05, 0) is 63.5 Å². The summed E-state index contributed by atoms with van der Waals surface area (Å²) in [5, 5.41) is 14.0. The third-order valence-corrected chi connectivity index (χ3v) is 6.86. The van der Waals surface area contributed by atoms with E-state index in [1.165, 1.54) is 26.9 Å². The molecule has 0 saturated heterocycles. The van der Waals surface area contributed by atoms with E-state index in [9.17, 15) is 4.79 Å². The van der Waals surface area contributed by atoms with Crippen LogP contribution in [0.3, 0.4) is 0 Å². The van der Waals surface area contributed by atoms with Crippen LogP contribution in [-0.4, -0.2) is 42.0 Å². The van der Waals surface area contributed by atoms with Crippen molar-refractivity contribution in [3.63, 3.8) is 0 Å². The molecule has 170 valence electrons. The Kier molecular flexibility index (Phi) is 5.57. The highest BCUT2D eigenvalue weighted by Crippen LogP contribution is 2.36. The van der Waals surface area contributed by atoms with Crippen LogP contribution >= 0.6 is 0 Å². The second kappa shape index (κ2) is 9.01. The maximum atomic E-state index is 13.8. The quantitative estimate of drug-likeness (QED) is 0.365. The Balaban J connectivity index is 1.32. The first-order valence-corrected chi connectivity index (χ1v) is 12.1. The van der Waals surface area contributed by atoms with Gasteiger partial charge in [0.15, 0.2) is 0 Å². The summed E-state index contributed by atoms with van der Waals surface area (Å²) in [5.74, 6) is 0.105. The molecule has 0 spiro atoms. The number of benzene rings is 4. The van der Waals surface area contributed by atoms with Crippen molar-refractivity contribution in [3.05, 3.63) is 89.7 Å². The van der Waals surface area contributed by atoms with Gasteiger partial charge < -0.3 is 15.5 Å². The number of carbonyl (C=O) groups is 1. The summed E-state index contributed by atoms with van der Waals surface area (Å²) in [6, 6.07) is 25.3. The number of nitrogens with one attached hydrogen (secondary N) is 2. The highest BCUT2D eigenvalue weighted by Gasteiger charge is 2.20. The fraction of sp³-hybridized carbons (Fsp3) is 0.241. The Morgan fingerprint density at radius 2 is 1.35 bits per heavy atom. The van der Waals surface area contributed by atoms with Crippen LogP contribution in [0.2, 0.25) is 0 Å². The average Bonchev–Trinajstić information content (AvgIpc) is 2.89. The standard InChI is InChI=1S/C29H28N4O/c34-29(33-16-3-14-30-18-23-6-2-7-24(32-23)19-31-15-17-33)26-13-11-22-9-8-20-4-1-5-21-10-12-25(26)28(22)27(20)21/h1-2,4-13,30-31H,3,14-19H2. The van der Waals surface area contributed by atoms with Gasteiger partial charge in [0.2, 0.25) is 0 Å². The second-order valence-electron chi connectivity index (χ2n) is 9.09. The summed E-state index contributed by atoms with van der Waals surface area (Å²) >= 11 is 0. The molecule has 1 aliphatic rings. The normalized spacial score (nSPS) is 15.8. The van der Waals surface area contributed by atoms with Crippen molar-refractivity contribution in [1.82, 2.24) is 20.5 Å². The van der Waals surface area contributed by atoms with Gasteiger partial charge in [0, 0.05) is 38.3 Å². The molecule has 34 heavy (non-hydrogen) atoms. The molecule has 2 N–H and O–H groups in total. The molecule has 0 radical (unpaired) electrons. The van der Waals surface area contributed by atoms with Gasteiger partial charge in [0.25, 0.3) is 5.91 Å². The molecule has 0 atom stereocenters. The van der Waals surface area contributed by atoms with Crippen molar-refractivity contribution in [2.45, 2.75) is 19.5 Å². The molecule has 0 aliphatic carbocycles. The average molecular weight is 449 g/mol. The van der Waals surface area contributed by atoms with Gasteiger partial charge in [-0.25, -0.2) is 0 Å². The van der Waals surface area contributed by atoms with E-state index in [0.29, 0.717) is 13.1 Å². The minimum absolute atomic E-state index is 0.105. The zero-order chi connectivity index (χ0) is 22.9. The Morgan fingerprint density at radius 1 is 0.706 bits per heavy atom. The summed E-state index contributed by atoms with van der Waals surface area (Å²) in [4.78, 5) is 20.6. The molecule has 6 rings (SSSR count). The predicted molar refractivity (Wildman–Crippen MR) is 138 cm³/mol. The lowest BCUT2D eigenvalue weighted by molar-refractivity contribution is 0.0757. The van der Waals surface area contributed by atoms with Crippen molar-refractivity contribution in [2.24, 2.45) is 0 Å². The molecule has 1 amide bonds. The zero-order valence-corrected chi connectivity index (χ0v) is 19.2. The number of rotatable bonds is 1. The van der Waals surface area contributed by atoms with Crippen molar-refractivity contribution in [3.8, 4) is 0 Å². The summed E-state index contributed by atoms with van der Waals surface area (Å²) in [5.41, 5.74) is 2.87. The largest absolute Gasteiger partial charge is 0.337 e. The van der Waals surface area contributed by atoms with E-state index in [1.54, 1.807) is 0 Å². The van der Waals surface area contributed by atoms with E-state index >= 15 is 0 Å². The summed E-state index contributed by atoms with van der Waals surface area (Å²) in [6.45, 7) is 4.42. The Labute approximate surface area is 199 Å². The van der Waals surface area contributed by atoms with Gasteiger partial charge in [-0.15, -0.1) is 0 Å². The van der Waals surface area contributed by atoms with Crippen LogP contribution in [0.4, 0.5) is 0 Å². The topological polar surface area (TPSA) is 57.3 Å². The van der Waals surface area contributed by atoms with Crippen molar-refractivity contribution in [1.29, 1.82) is 0 Å². The summed E-state index contributed by atoms with van der Waals surface area (Å²) in [7, 11) is 0. The molecule has 2 heterocycles. The SMILES string of the molecule is O=C(c1ccc2ccc3cccc4ccc1c2c34)N1CCCNCc2cccc(n2)CNCC1. The second-order valence-corrected chi connectivity index (χ2v) is 9.09. The highest BCUT2D eigenvalue weighted by atomic mass is 16.2. The van der Waals surface area contributed by atoms with Crippen LogP contribution in [0, 0.1) is 0 Å². The zero-order valence-electron chi connectivity index (χ0n) is 19.2. The lowest BCUT2D eigenvalue weighted by atomic mass is 9.91. The van der Waals surface area contributed by atoms with Crippen LogP contribution in [-0.2, 0) is 13.1 Å². The number of nitrogens with zero attached hydrogens (tertiary/aromatic N) is 2. The van der Waals surface area contributed by atoms with Crippen LogP contribution in [0.5, 0.6) is 0 Å². The lowest BCUT2D eigenvalue weighted by Crippen LogP contribution is -2.38. The van der Waals surface area contributed by atoms with Crippen molar-refractivity contribution < 1.29 is 4.79 Å². The van der Waals surface area contributed by atoms with Gasteiger partial charge in [0.1, 0.15) is 0 Å². The third kappa shape index (κ3) is 3.87. The number of aromatic nitrogens is 1. The summed E-state index contributed by atoms with van der Waals surface area (Å²) < 4.78 is 0. The van der Waals surface area contributed by atoms with E-state index in [0.717, 1.165) is 54.9 Å². The maximum absolute atomic E-state index is 13.8. The minimum atomic E-state index is 0.105. The molecule has 0 fully saturated rings. The predicted octanol–water partition coefficient (Wildman–Crippen LogP) is 4.70. The van der Waals surface area contributed by atoms with Crippen LogP contribution in [0.1, 0.15) is 28.2 Å². The number of hydrogen-bond acceptors (Lipinski definition) is 4. The van der Waals surface area contributed by atoms with E-state index in [4.69, 9.17) is 4.98 Å². The fourth-order valence-electron chi connectivity index (χ4n) is 5.18. The Bertz CT molecular complexity index is 1460. The van der Waals surface area contributed by atoms with E-state index in [1.807, 2.05) is 17.0 Å². The minimum Gasteiger partial charge on any atom is -0.337 e. The molecule has 2 bridgehead atoms. The lowest BCUT2D eigenvalue weighted by Gasteiger charge is -2.24. The van der Waals surface area contributed by atoms with Crippen LogP contribution < -0.4 is 10.6 Å². The number of hydrogen-bond donors (Lipinski definition) is 2. The molecule has 5 aromatic rings. The van der Waals surface area contributed by atoms with E-state index < -0.39 is 0 Å². The first-order valence-electron chi connectivity index (χ1n) is 12.1. The van der Waals surface area contributed by atoms with Gasteiger partial charge in [0.05, 0.1) is 11.4 Å². The number of pyridine rings is 1. The molecule has 4 aromatic carbocycles. The molecule has 5 nitrogen and oxygen atoms in total. The smallest absolute Gasteiger partial charge is 0.254 e. The number of fused-ring (bicyclic) bond motifs is 2. The van der Waals surface area contributed by atoms with Crippen molar-refractivity contribution in [2.75, 3.05) is 26.2 Å². The third-order valence-electron chi connectivity index (χ3n) is 6.86. The van der Waals surface area contributed by atoms with E-state index in [2.05, 4.69) is 71.3 Å². The van der Waals surface area contributed by atoms with Crippen LogP contribution in [0.15, 0.2) is 72.8 Å². The Hall–Kier alpha value is -3.54. The molecule has 1 aromatic heterocycles. The molecule has 0 saturated carbocycles. The molecule has 5 heteroatoms. The summed E-state index contributed by atoms with van der Waals surface area (Å²) in [6.07, 6.45) is 0.900. The number of amides is 1. The van der Waals surface area contributed by atoms with Gasteiger partial charge >= 0.3 is 0 Å². The number of carbonyl (C=O) groups excluding carboxylic acids is 1. The molecular formula is C29H28N4O. The van der Waals surface area contributed by atoms with Gasteiger partial charge in [-0.2, -0.15) is 0 Å². The van der Waals surface area contributed by atoms with Gasteiger partial charge in [-0.1, -0.05) is 54.6 Å². The molecule has 1 aliphatic heterocycles. The Morgan fingerprint density at radius 3 is 2.15 bits per heavy atom. The van der Waals surface area contributed by atoms with Gasteiger partial charge in [-0.3, -0.25) is 9.78 Å². The highest BCUT2D eigenvalue weighted by molar-refractivity contribution is 6.26. The van der Waals surface area contributed by atoms with Crippen LogP contribution in [0.25, 0.3) is 32.3 Å².